The lowest BCUT2D eigenvalue weighted by Crippen LogP contribution is -2.39. The van der Waals surface area contributed by atoms with E-state index in [0.29, 0.717) is 28.9 Å². The molecule has 2 aromatic carbocycles. The number of nitrogens with one attached hydrogen (secondary N) is 1. The summed E-state index contributed by atoms with van der Waals surface area (Å²) in [6.45, 7) is 2.25. The SMILES string of the molecule is CCn1c(=O)c2c(nc(Br)n2Cc2ccc(C(C(=O)N[C@@H](CO)c3ccccc3)C3CCCC3)cc2)n(C2=CC2)c1=O. The van der Waals surface area contributed by atoms with Crippen LogP contribution in [-0.2, 0) is 17.9 Å². The van der Waals surface area contributed by atoms with Gasteiger partial charge in [0.25, 0.3) is 5.56 Å². The standard InChI is InChI=1S/C32H34BrN5O4/c1-2-36-30(41)27-28(38(32(36)42)24-16-17-24)35-31(33)37(27)18-20-12-14-23(15-13-20)26(22-10-6-7-11-22)29(40)34-25(19-39)21-8-4-3-5-9-21/h3-5,8-9,12-16,22,25-26,39H,2,6-7,10-11,17-19H2,1H3,(H,34,40)/t25-,26?/m0/s1. The van der Waals surface area contributed by atoms with Crippen molar-refractivity contribution in [1.29, 1.82) is 0 Å². The number of halogens is 1. The van der Waals surface area contributed by atoms with Gasteiger partial charge in [0.1, 0.15) is 0 Å². The van der Waals surface area contributed by atoms with E-state index in [4.69, 9.17) is 0 Å². The fourth-order valence-electron chi connectivity index (χ4n) is 6.24. The normalized spacial score (nSPS) is 16.4. The topological polar surface area (TPSA) is 111 Å². The van der Waals surface area contributed by atoms with Gasteiger partial charge in [0.2, 0.25) is 5.91 Å². The number of fused-ring (bicyclic) bond motifs is 1. The van der Waals surface area contributed by atoms with Gasteiger partial charge in [-0.05, 0) is 58.3 Å². The summed E-state index contributed by atoms with van der Waals surface area (Å²) in [4.78, 5) is 44.6. The second-order valence-electron chi connectivity index (χ2n) is 11.1. The Morgan fingerprint density at radius 2 is 1.74 bits per heavy atom. The summed E-state index contributed by atoms with van der Waals surface area (Å²) in [7, 11) is 0. The van der Waals surface area contributed by atoms with E-state index >= 15 is 0 Å². The summed E-state index contributed by atoms with van der Waals surface area (Å²) in [6.07, 6.45) is 6.83. The Morgan fingerprint density at radius 1 is 1.05 bits per heavy atom. The van der Waals surface area contributed by atoms with E-state index in [1.165, 1.54) is 9.13 Å². The molecule has 0 bridgehead atoms. The van der Waals surface area contributed by atoms with Gasteiger partial charge in [-0.15, -0.1) is 0 Å². The van der Waals surface area contributed by atoms with Crippen LogP contribution in [0.2, 0.25) is 0 Å². The van der Waals surface area contributed by atoms with E-state index in [1.807, 2.05) is 60.7 Å². The predicted octanol–water partition coefficient (Wildman–Crippen LogP) is 4.56. The molecule has 2 atom stereocenters. The van der Waals surface area contributed by atoms with E-state index in [0.717, 1.165) is 48.1 Å². The molecule has 1 fully saturated rings. The van der Waals surface area contributed by atoms with Crippen molar-refractivity contribution in [3.05, 3.63) is 103 Å². The Balaban J connectivity index is 1.30. The maximum atomic E-state index is 13.7. The third-order valence-corrected chi connectivity index (χ3v) is 9.11. The number of amides is 1. The number of carbonyl (C=O) groups is 1. The number of benzene rings is 2. The van der Waals surface area contributed by atoms with Crippen LogP contribution in [0.4, 0.5) is 0 Å². The van der Waals surface area contributed by atoms with Crippen LogP contribution in [0, 0.1) is 5.92 Å². The summed E-state index contributed by atoms with van der Waals surface area (Å²) in [6, 6.07) is 17.0. The zero-order valence-corrected chi connectivity index (χ0v) is 25.1. The average Bonchev–Trinajstić information content (AvgIpc) is 3.58. The minimum atomic E-state index is -0.468. The van der Waals surface area contributed by atoms with Gasteiger partial charge in [0.15, 0.2) is 15.9 Å². The molecule has 0 spiro atoms. The van der Waals surface area contributed by atoms with Crippen LogP contribution in [0.1, 0.15) is 67.7 Å². The molecule has 2 N–H and O–H groups in total. The highest BCUT2D eigenvalue weighted by molar-refractivity contribution is 9.10. The number of rotatable bonds is 10. The van der Waals surface area contributed by atoms with Crippen molar-refractivity contribution in [1.82, 2.24) is 24.0 Å². The van der Waals surface area contributed by atoms with Crippen LogP contribution in [0.3, 0.4) is 0 Å². The van der Waals surface area contributed by atoms with Crippen molar-refractivity contribution < 1.29 is 9.90 Å². The Labute approximate surface area is 251 Å². The van der Waals surface area contributed by atoms with E-state index in [1.54, 1.807) is 11.5 Å². The maximum Gasteiger partial charge on any atom is 0.337 e. The largest absolute Gasteiger partial charge is 0.394 e. The van der Waals surface area contributed by atoms with Gasteiger partial charge in [-0.25, -0.2) is 14.3 Å². The molecule has 2 heterocycles. The summed E-state index contributed by atoms with van der Waals surface area (Å²) in [5.41, 5.74) is 3.60. The molecule has 0 radical (unpaired) electrons. The first-order valence-corrected chi connectivity index (χ1v) is 15.4. The number of carbonyl (C=O) groups excluding carboxylic acids is 1. The Bertz CT molecular complexity index is 1770. The molecule has 1 saturated carbocycles. The van der Waals surface area contributed by atoms with Crippen LogP contribution in [0.5, 0.6) is 0 Å². The number of nitrogens with zero attached hydrogens (tertiary/aromatic N) is 4. The molecule has 2 aliphatic carbocycles. The van der Waals surface area contributed by atoms with Gasteiger partial charge >= 0.3 is 5.69 Å². The smallest absolute Gasteiger partial charge is 0.337 e. The fraction of sp³-hybridized carbons (Fsp3) is 0.375. The number of aromatic nitrogens is 4. The second kappa shape index (κ2) is 11.9. The molecule has 10 heteroatoms. The van der Waals surface area contributed by atoms with E-state index in [-0.39, 0.29) is 42.1 Å². The van der Waals surface area contributed by atoms with Gasteiger partial charge < -0.3 is 15.0 Å². The monoisotopic (exact) mass is 631 g/mol. The first-order chi connectivity index (χ1) is 20.4. The van der Waals surface area contributed by atoms with Crippen molar-refractivity contribution in [3.8, 4) is 0 Å². The lowest BCUT2D eigenvalue weighted by atomic mass is 9.83. The number of aliphatic hydroxyl groups is 1. The first kappa shape index (κ1) is 28.4. The van der Waals surface area contributed by atoms with Gasteiger partial charge in [-0.2, -0.15) is 0 Å². The third-order valence-electron chi connectivity index (χ3n) is 8.51. The van der Waals surface area contributed by atoms with Gasteiger partial charge in [-0.3, -0.25) is 14.2 Å². The molecule has 0 aliphatic heterocycles. The Hall–Kier alpha value is -3.76. The van der Waals surface area contributed by atoms with Crippen LogP contribution in [-0.4, -0.2) is 36.3 Å². The highest BCUT2D eigenvalue weighted by atomic mass is 79.9. The molecule has 1 unspecified atom stereocenters. The highest BCUT2D eigenvalue weighted by Crippen LogP contribution is 2.38. The average molecular weight is 633 g/mol. The summed E-state index contributed by atoms with van der Waals surface area (Å²) >= 11 is 3.52. The van der Waals surface area contributed by atoms with Crippen LogP contribution < -0.4 is 16.6 Å². The van der Waals surface area contributed by atoms with E-state index in [9.17, 15) is 19.5 Å². The molecule has 6 rings (SSSR count). The lowest BCUT2D eigenvalue weighted by Gasteiger charge is -2.26. The van der Waals surface area contributed by atoms with Crippen LogP contribution in [0.15, 0.2) is 75.0 Å². The molecule has 42 heavy (non-hydrogen) atoms. The molecule has 2 aromatic heterocycles. The molecule has 1 amide bonds. The molecular weight excluding hydrogens is 598 g/mol. The third kappa shape index (κ3) is 5.29. The summed E-state index contributed by atoms with van der Waals surface area (Å²) in [5, 5.41) is 13.2. The van der Waals surface area contributed by atoms with Gasteiger partial charge in [-0.1, -0.05) is 73.5 Å². The number of hydrogen-bond donors (Lipinski definition) is 2. The molecule has 9 nitrogen and oxygen atoms in total. The predicted molar refractivity (Wildman–Crippen MR) is 165 cm³/mol. The van der Waals surface area contributed by atoms with Crippen molar-refractivity contribution in [2.75, 3.05) is 6.61 Å². The van der Waals surface area contributed by atoms with Crippen LogP contribution in [0.25, 0.3) is 16.9 Å². The van der Waals surface area contributed by atoms with Crippen molar-refractivity contribution in [2.45, 2.75) is 64.1 Å². The number of hydrogen-bond acceptors (Lipinski definition) is 5. The number of aliphatic hydroxyl groups excluding tert-OH is 1. The summed E-state index contributed by atoms with van der Waals surface area (Å²) in [5.74, 6) is -0.162. The lowest BCUT2D eigenvalue weighted by molar-refractivity contribution is -0.124. The molecule has 4 aromatic rings. The van der Waals surface area contributed by atoms with Crippen molar-refractivity contribution >= 4 is 38.7 Å². The quantitative estimate of drug-likeness (QED) is 0.249. The molecule has 218 valence electrons. The van der Waals surface area contributed by atoms with Crippen LogP contribution >= 0.6 is 15.9 Å². The minimum Gasteiger partial charge on any atom is -0.394 e. The van der Waals surface area contributed by atoms with E-state index < -0.39 is 6.04 Å². The zero-order valence-electron chi connectivity index (χ0n) is 23.5. The van der Waals surface area contributed by atoms with Crippen molar-refractivity contribution in [3.63, 3.8) is 0 Å². The van der Waals surface area contributed by atoms with Gasteiger partial charge in [0, 0.05) is 18.7 Å². The van der Waals surface area contributed by atoms with E-state index in [2.05, 4.69) is 26.2 Å². The zero-order chi connectivity index (χ0) is 29.4. The Morgan fingerprint density at radius 3 is 2.36 bits per heavy atom. The first-order valence-electron chi connectivity index (χ1n) is 14.6. The van der Waals surface area contributed by atoms with Crippen molar-refractivity contribution in [2.24, 2.45) is 5.92 Å². The summed E-state index contributed by atoms with van der Waals surface area (Å²) < 4.78 is 5.05. The maximum absolute atomic E-state index is 13.7. The van der Waals surface area contributed by atoms with Gasteiger partial charge in [0.05, 0.1) is 25.1 Å². The number of allylic oxidation sites excluding steroid dienone is 2. The molecule has 2 aliphatic rings. The number of imidazole rings is 1. The molecule has 0 saturated heterocycles. The second-order valence-corrected chi connectivity index (χ2v) is 11.8. The fourth-order valence-corrected chi connectivity index (χ4v) is 6.71. The molecular formula is C32H34BrN5O4. The Kier molecular flexibility index (Phi) is 8.00. The highest BCUT2D eigenvalue weighted by Gasteiger charge is 2.33. The minimum absolute atomic E-state index is 0.0756.